The van der Waals surface area contributed by atoms with Gasteiger partial charge >= 0.3 is 0 Å². The van der Waals surface area contributed by atoms with Gasteiger partial charge in [-0.15, -0.1) is 0 Å². The molecule has 3 aromatic carbocycles. The average molecular weight is 602 g/mol. The van der Waals surface area contributed by atoms with Crippen LogP contribution < -0.4 is 19.7 Å². The Bertz CT molecular complexity index is 1670. The normalized spacial score (nSPS) is 13.5. The van der Waals surface area contributed by atoms with E-state index in [0.717, 1.165) is 43.1 Å². The minimum absolute atomic E-state index is 0.0263. The lowest BCUT2D eigenvalue weighted by Gasteiger charge is -2.35. The number of nitrogens with one attached hydrogen (secondary N) is 1. The monoisotopic (exact) mass is 601 g/mol. The van der Waals surface area contributed by atoms with E-state index in [1.165, 1.54) is 6.92 Å². The van der Waals surface area contributed by atoms with Crippen LogP contribution in [-0.4, -0.2) is 42.6 Å². The Morgan fingerprint density at radius 2 is 1.67 bits per heavy atom. The van der Waals surface area contributed by atoms with Crippen molar-refractivity contribution in [3.8, 4) is 11.5 Å². The summed E-state index contributed by atoms with van der Waals surface area (Å²) in [6.07, 6.45) is 4.95. The summed E-state index contributed by atoms with van der Waals surface area (Å²) in [5, 5.41) is 4.15. The zero-order valence-corrected chi connectivity index (χ0v) is 25.7. The number of carbonyl (C=O) groups is 3. The number of benzene rings is 3. The summed E-state index contributed by atoms with van der Waals surface area (Å²) in [7, 11) is 3.17. The van der Waals surface area contributed by atoms with Crippen LogP contribution in [0.2, 0.25) is 5.02 Å². The van der Waals surface area contributed by atoms with Crippen LogP contribution in [0.4, 0.5) is 11.4 Å². The zero-order valence-electron chi connectivity index (χ0n) is 24.9. The molecular weight excluding hydrogens is 566 g/mol. The van der Waals surface area contributed by atoms with Crippen molar-refractivity contribution in [2.75, 3.05) is 24.4 Å². The fraction of sp³-hybridized carbons (Fsp3) is 0.324. The maximum Gasteiger partial charge on any atom is 0.262 e. The van der Waals surface area contributed by atoms with Gasteiger partial charge in [0.05, 0.1) is 31.8 Å². The molecule has 224 valence electrons. The Hall–Kier alpha value is -4.30. The number of hydrogen-bond acceptors (Lipinski definition) is 5. The minimum Gasteiger partial charge on any atom is -0.497 e. The van der Waals surface area contributed by atoms with Crippen molar-refractivity contribution in [3.05, 3.63) is 82.5 Å². The van der Waals surface area contributed by atoms with E-state index < -0.39 is 0 Å². The SMILES string of the molecule is COc1ccc2c(c1)c(CC(=O)N(c1cc(NC(C)=O)ccc1OC)C1CCCCC1)c(C)n2C(=O)c1ccc(Cl)cc1. The summed E-state index contributed by atoms with van der Waals surface area (Å²) < 4.78 is 12.9. The number of ether oxygens (including phenoxy) is 2. The number of fused-ring (bicyclic) bond motifs is 1. The van der Waals surface area contributed by atoms with Crippen LogP contribution in [0.1, 0.15) is 60.6 Å². The van der Waals surface area contributed by atoms with Crippen LogP contribution >= 0.6 is 11.6 Å². The number of halogens is 1. The van der Waals surface area contributed by atoms with E-state index in [1.807, 2.05) is 30.0 Å². The van der Waals surface area contributed by atoms with E-state index in [9.17, 15) is 14.4 Å². The van der Waals surface area contributed by atoms with E-state index in [4.69, 9.17) is 21.1 Å². The van der Waals surface area contributed by atoms with Gasteiger partial charge in [-0.1, -0.05) is 30.9 Å². The van der Waals surface area contributed by atoms with Gasteiger partial charge in [0.2, 0.25) is 11.8 Å². The summed E-state index contributed by atoms with van der Waals surface area (Å²) in [6.45, 7) is 3.32. The van der Waals surface area contributed by atoms with E-state index in [0.29, 0.717) is 44.7 Å². The second-order valence-electron chi connectivity index (χ2n) is 10.9. The summed E-state index contributed by atoms with van der Waals surface area (Å²) >= 11 is 6.08. The van der Waals surface area contributed by atoms with Crippen LogP contribution in [0, 0.1) is 6.92 Å². The zero-order chi connectivity index (χ0) is 30.7. The van der Waals surface area contributed by atoms with Gasteiger partial charge in [-0.3, -0.25) is 19.0 Å². The lowest BCUT2D eigenvalue weighted by atomic mass is 9.93. The summed E-state index contributed by atoms with van der Waals surface area (Å²) in [4.78, 5) is 42.0. The van der Waals surface area contributed by atoms with Crippen LogP contribution in [-0.2, 0) is 16.0 Å². The predicted molar refractivity (Wildman–Crippen MR) is 170 cm³/mol. The molecule has 0 unspecified atom stereocenters. The number of rotatable bonds is 8. The van der Waals surface area contributed by atoms with Gasteiger partial charge in [-0.05, 0) is 86.0 Å². The third-order valence-electron chi connectivity index (χ3n) is 8.13. The molecule has 0 aliphatic heterocycles. The fourth-order valence-corrected chi connectivity index (χ4v) is 6.19. The van der Waals surface area contributed by atoms with Crippen molar-refractivity contribution in [2.24, 2.45) is 0 Å². The van der Waals surface area contributed by atoms with Crippen LogP contribution in [0.5, 0.6) is 11.5 Å². The highest BCUT2D eigenvalue weighted by atomic mass is 35.5. The predicted octanol–water partition coefficient (Wildman–Crippen LogP) is 7.18. The molecule has 1 aliphatic rings. The lowest BCUT2D eigenvalue weighted by molar-refractivity contribution is -0.118. The minimum atomic E-state index is -0.211. The quantitative estimate of drug-likeness (QED) is 0.231. The Morgan fingerprint density at radius 3 is 2.33 bits per heavy atom. The van der Waals surface area contributed by atoms with Crippen molar-refractivity contribution < 1.29 is 23.9 Å². The second-order valence-corrected chi connectivity index (χ2v) is 11.3. The van der Waals surface area contributed by atoms with Crippen molar-refractivity contribution in [1.82, 2.24) is 4.57 Å². The van der Waals surface area contributed by atoms with Gasteiger partial charge in [-0.2, -0.15) is 0 Å². The first kappa shape index (κ1) is 30.2. The summed E-state index contributed by atoms with van der Waals surface area (Å²) in [5.74, 6) is 0.651. The molecule has 1 N–H and O–H groups in total. The van der Waals surface area contributed by atoms with Gasteiger partial charge in [-0.25, -0.2) is 0 Å². The number of nitrogens with zero attached hydrogens (tertiary/aromatic N) is 2. The molecule has 5 rings (SSSR count). The highest BCUT2D eigenvalue weighted by Crippen LogP contribution is 2.38. The molecule has 8 nitrogen and oxygen atoms in total. The lowest BCUT2D eigenvalue weighted by Crippen LogP contribution is -2.43. The van der Waals surface area contributed by atoms with Crippen molar-refractivity contribution in [1.29, 1.82) is 0 Å². The first-order valence-corrected chi connectivity index (χ1v) is 14.9. The molecule has 0 radical (unpaired) electrons. The highest BCUT2D eigenvalue weighted by Gasteiger charge is 2.31. The van der Waals surface area contributed by atoms with E-state index in [-0.39, 0.29) is 30.2 Å². The molecule has 0 saturated heterocycles. The fourth-order valence-electron chi connectivity index (χ4n) is 6.07. The van der Waals surface area contributed by atoms with Crippen molar-refractivity contribution in [2.45, 2.75) is 58.4 Å². The maximum absolute atomic E-state index is 14.5. The molecule has 0 bridgehead atoms. The van der Waals surface area contributed by atoms with Gasteiger partial charge in [0.1, 0.15) is 11.5 Å². The molecule has 1 aliphatic carbocycles. The first-order chi connectivity index (χ1) is 20.7. The standard InChI is InChI=1S/C34H36ClN3O5/c1-21-28(29-19-27(42-3)15-16-30(29)37(21)34(41)23-10-12-24(35)13-11-23)20-33(40)38(26-8-6-5-7-9-26)31-18-25(36-22(2)39)14-17-32(31)43-4/h10-19,26H,5-9,20H2,1-4H3,(H,36,39). The largest absolute Gasteiger partial charge is 0.497 e. The molecule has 0 atom stereocenters. The topological polar surface area (TPSA) is 89.9 Å². The number of aromatic nitrogens is 1. The Labute approximate surface area is 256 Å². The Balaban J connectivity index is 1.62. The highest BCUT2D eigenvalue weighted by molar-refractivity contribution is 6.30. The molecule has 0 spiro atoms. The van der Waals surface area contributed by atoms with Crippen LogP contribution in [0.15, 0.2) is 60.7 Å². The maximum atomic E-state index is 14.5. The van der Waals surface area contributed by atoms with E-state index in [2.05, 4.69) is 5.32 Å². The molecule has 9 heteroatoms. The van der Waals surface area contributed by atoms with Crippen molar-refractivity contribution >= 4 is 51.6 Å². The molecular formula is C34H36ClN3O5. The van der Waals surface area contributed by atoms with Gasteiger partial charge < -0.3 is 19.7 Å². The van der Waals surface area contributed by atoms with Gasteiger partial charge in [0, 0.05) is 40.3 Å². The molecule has 2 amide bonds. The molecule has 1 heterocycles. The Morgan fingerprint density at radius 1 is 0.953 bits per heavy atom. The van der Waals surface area contributed by atoms with Gasteiger partial charge in [0.15, 0.2) is 0 Å². The van der Waals surface area contributed by atoms with Crippen molar-refractivity contribution in [3.63, 3.8) is 0 Å². The Kier molecular flexibility index (Phi) is 9.06. The third kappa shape index (κ3) is 6.25. The van der Waals surface area contributed by atoms with Crippen LogP contribution in [0.25, 0.3) is 10.9 Å². The number of amides is 2. The number of anilines is 2. The molecule has 43 heavy (non-hydrogen) atoms. The average Bonchev–Trinajstić information content (AvgIpc) is 3.27. The molecule has 1 aromatic heterocycles. The smallest absolute Gasteiger partial charge is 0.262 e. The van der Waals surface area contributed by atoms with E-state index in [1.54, 1.807) is 61.3 Å². The number of hydrogen-bond donors (Lipinski definition) is 1. The third-order valence-corrected chi connectivity index (χ3v) is 8.38. The van der Waals surface area contributed by atoms with E-state index >= 15 is 0 Å². The molecule has 4 aromatic rings. The first-order valence-electron chi connectivity index (χ1n) is 14.5. The van der Waals surface area contributed by atoms with Gasteiger partial charge in [0.25, 0.3) is 5.91 Å². The molecule has 1 fully saturated rings. The summed E-state index contributed by atoms with van der Waals surface area (Å²) in [6, 6.07) is 17.6. The molecule has 1 saturated carbocycles. The second kappa shape index (κ2) is 12.9. The van der Waals surface area contributed by atoms with Crippen LogP contribution in [0.3, 0.4) is 0 Å². The number of carbonyl (C=O) groups excluding carboxylic acids is 3. The summed E-state index contributed by atoms with van der Waals surface area (Å²) in [5.41, 5.74) is 3.81. The number of methoxy groups -OCH3 is 2.